The fourth-order valence-electron chi connectivity index (χ4n) is 1.75. The second-order valence-electron chi connectivity index (χ2n) is 3.70. The van der Waals surface area contributed by atoms with Crippen LogP contribution in [0, 0.1) is 0 Å². The summed E-state index contributed by atoms with van der Waals surface area (Å²) in [6, 6.07) is 8.85. The van der Waals surface area contributed by atoms with E-state index in [0.29, 0.717) is 12.0 Å². The maximum Gasteiger partial charge on any atom is 0.355 e. The Morgan fingerprint density at radius 1 is 1.35 bits per heavy atom. The van der Waals surface area contributed by atoms with Crippen molar-refractivity contribution in [3.05, 3.63) is 46.4 Å². The van der Waals surface area contributed by atoms with Crippen molar-refractivity contribution in [1.82, 2.24) is 4.57 Å². The first-order chi connectivity index (χ1) is 8.15. The van der Waals surface area contributed by atoms with Gasteiger partial charge in [0, 0.05) is 12.4 Å². The number of carbonyl (C=O) groups is 1. The summed E-state index contributed by atoms with van der Waals surface area (Å²) in [6.45, 7) is 2.02. The van der Waals surface area contributed by atoms with E-state index in [4.69, 9.17) is 4.74 Å². The molecule has 0 fully saturated rings. The van der Waals surface area contributed by atoms with Crippen molar-refractivity contribution in [2.24, 2.45) is 7.05 Å². The van der Waals surface area contributed by atoms with E-state index in [0.717, 1.165) is 5.39 Å². The number of hydrogen-bond donors (Lipinski definition) is 0. The van der Waals surface area contributed by atoms with E-state index in [9.17, 15) is 9.59 Å². The van der Waals surface area contributed by atoms with Crippen LogP contribution in [0.4, 0.5) is 0 Å². The Balaban J connectivity index is 2.70. The highest BCUT2D eigenvalue weighted by atomic mass is 16.5. The fraction of sp³-hybridized carbons (Fsp3) is 0.231. The van der Waals surface area contributed by atoms with Crippen LogP contribution in [0.2, 0.25) is 0 Å². The minimum Gasteiger partial charge on any atom is -0.461 e. The summed E-state index contributed by atoms with van der Waals surface area (Å²) in [5.41, 5.74) is 0.0849. The van der Waals surface area contributed by atoms with E-state index >= 15 is 0 Å². The average molecular weight is 231 g/mol. The third-order valence-corrected chi connectivity index (χ3v) is 2.63. The van der Waals surface area contributed by atoms with Crippen molar-refractivity contribution in [3.63, 3.8) is 0 Å². The summed E-state index contributed by atoms with van der Waals surface area (Å²) in [5, 5.41) is 1.35. The first-order valence-corrected chi connectivity index (χ1v) is 5.41. The van der Waals surface area contributed by atoms with Gasteiger partial charge in [0.15, 0.2) is 0 Å². The van der Waals surface area contributed by atoms with Crippen molar-refractivity contribution < 1.29 is 9.53 Å². The van der Waals surface area contributed by atoms with Crippen molar-refractivity contribution in [1.29, 1.82) is 0 Å². The minimum atomic E-state index is -0.474. The third kappa shape index (κ3) is 1.93. The first kappa shape index (κ1) is 11.4. The molecule has 0 atom stereocenters. The normalized spacial score (nSPS) is 10.5. The highest BCUT2D eigenvalue weighted by Gasteiger charge is 2.13. The van der Waals surface area contributed by atoms with Gasteiger partial charge in [-0.15, -0.1) is 0 Å². The Bertz CT molecular complexity index is 628. The SMILES string of the molecule is CCOC(=O)c1cc2ccccc2c(=O)n1C. The molecule has 0 saturated carbocycles. The Morgan fingerprint density at radius 2 is 2.06 bits per heavy atom. The van der Waals surface area contributed by atoms with Gasteiger partial charge in [0.05, 0.1) is 6.61 Å². The number of rotatable bonds is 2. The molecule has 0 saturated heterocycles. The van der Waals surface area contributed by atoms with E-state index in [1.165, 1.54) is 4.57 Å². The number of nitrogens with zero attached hydrogens (tertiary/aromatic N) is 1. The molecule has 0 aliphatic rings. The van der Waals surface area contributed by atoms with Crippen molar-refractivity contribution in [2.45, 2.75) is 6.92 Å². The van der Waals surface area contributed by atoms with Crippen molar-refractivity contribution in [2.75, 3.05) is 6.61 Å². The number of hydrogen-bond acceptors (Lipinski definition) is 3. The molecule has 2 aromatic rings. The topological polar surface area (TPSA) is 48.3 Å². The third-order valence-electron chi connectivity index (χ3n) is 2.63. The molecule has 2 rings (SSSR count). The average Bonchev–Trinajstić information content (AvgIpc) is 2.34. The van der Waals surface area contributed by atoms with Gasteiger partial charge in [-0.2, -0.15) is 0 Å². The first-order valence-electron chi connectivity index (χ1n) is 5.41. The molecule has 0 radical (unpaired) electrons. The highest BCUT2D eigenvalue weighted by Crippen LogP contribution is 2.12. The van der Waals surface area contributed by atoms with Gasteiger partial charge in [-0.3, -0.25) is 4.79 Å². The van der Waals surface area contributed by atoms with Gasteiger partial charge in [-0.25, -0.2) is 4.79 Å². The largest absolute Gasteiger partial charge is 0.461 e. The molecule has 0 amide bonds. The molecule has 88 valence electrons. The van der Waals surface area contributed by atoms with Crippen LogP contribution in [0.25, 0.3) is 10.8 Å². The molecule has 0 aliphatic heterocycles. The standard InChI is InChI=1S/C13H13NO3/c1-3-17-13(16)11-8-9-6-4-5-7-10(9)12(15)14(11)2/h4-8H,3H2,1-2H3. The van der Waals surface area contributed by atoms with E-state index in [1.54, 1.807) is 38.2 Å². The van der Waals surface area contributed by atoms with Crippen LogP contribution in [0.1, 0.15) is 17.4 Å². The second kappa shape index (κ2) is 4.41. The Morgan fingerprint density at radius 3 is 2.76 bits per heavy atom. The predicted octanol–water partition coefficient (Wildman–Crippen LogP) is 1.72. The number of carbonyl (C=O) groups excluding carboxylic acids is 1. The molecule has 0 unspecified atom stereocenters. The summed E-state index contributed by atoms with van der Waals surface area (Å²) in [5.74, 6) is -0.474. The molecule has 0 bridgehead atoms. The Labute approximate surface area is 98.4 Å². The maximum absolute atomic E-state index is 12.0. The molecule has 1 aromatic carbocycles. The molecular formula is C13H13NO3. The van der Waals surface area contributed by atoms with E-state index in [2.05, 4.69) is 0 Å². The number of benzene rings is 1. The number of ether oxygens (including phenoxy) is 1. The molecule has 0 aliphatic carbocycles. The zero-order chi connectivity index (χ0) is 12.4. The van der Waals surface area contributed by atoms with Gasteiger partial charge in [-0.05, 0) is 24.4 Å². The molecule has 0 N–H and O–H groups in total. The van der Waals surface area contributed by atoms with Crippen LogP contribution < -0.4 is 5.56 Å². The van der Waals surface area contributed by atoms with Crippen molar-refractivity contribution in [3.8, 4) is 0 Å². The molecule has 0 spiro atoms. The molecule has 1 heterocycles. The van der Waals surface area contributed by atoms with Crippen molar-refractivity contribution >= 4 is 16.7 Å². The lowest BCUT2D eigenvalue weighted by molar-refractivity contribution is 0.0514. The number of fused-ring (bicyclic) bond motifs is 1. The van der Waals surface area contributed by atoms with E-state index < -0.39 is 5.97 Å². The number of esters is 1. The van der Waals surface area contributed by atoms with Crippen LogP contribution in [0.5, 0.6) is 0 Å². The summed E-state index contributed by atoms with van der Waals surface area (Å²) in [4.78, 5) is 23.7. The van der Waals surface area contributed by atoms with Gasteiger partial charge in [0.1, 0.15) is 5.69 Å². The van der Waals surface area contributed by atoms with Crippen LogP contribution in [0.3, 0.4) is 0 Å². The minimum absolute atomic E-state index is 0.189. The Hall–Kier alpha value is -2.10. The van der Waals surface area contributed by atoms with Gasteiger partial charge < -0.3 is 9.30 Å². The van der Waals surface area contributed by atoms with E-state index in [1.807, 2.05) is 6.07 Å². The number of aromatic nitrogens is 1. The maximum atomic E-state index is 12.0. The number of pyridine rings is 1. The lowest BCUT2D eigenvalue weighted by Crippen LogP contribution is -2.24. The molecule has 4 heteroatoms. The second-order valence-corrected chi connectivity index (χ2v) is 3.70. The van der Waals surface area contributed by atoms with Crippen LogP contribution in [-0.4, -0.2) is 17.1 Å². The quantitative estimate of drug-likeness (QED) is 0.739. The van der Waals surface area contributed by atoms with Crippen LogP contribution >= 0.6 is 0 Å². The monoisotopic (exact) mass is 231 g/mol. The van der Waals surface area contributed by atoms with Gasteiger partial charge in [0.25, 0.3) is 5.56 Å². The zero-order valence-electron chi connectivity index (χ0n) is 9.77. The fourth-order valence-corrected chi connectivity index (χ4v) is 1.75. The Kier molecular flexibility index (Phi) is 2.95. The molecule has 4 nitrogen and oxygen atoms in total. The van der Waals surface area contributed by atoms with Crippen LogP contribution in [-0.2, 0) is 11.8 Å². The van der Waals surface area contributed by atoms with Crippen LogP contribution in [0.15, 0.2) is 35.1 Å². The lowest BCUT2D eigenvalue weighted by atomic mass is 10.1. The molecule has 1 aromatic heterocycles. The smallest absolute Gasteiger partial charge is 0.355 e. The van der Waals surface area contributed by atoms with Gasteiger partial charge in [0.2, 0.25) is 0 Å². The summed E-state index contributed by atoms with van der Waals surface area (Å²) < 4.78 is 6.23. The predicted molar refractivity (Wildman–Crippen MR) is 65.1 cm³/mol. The molecular weight excluding hydrogens is 218 g/mol. The van der Waals surface area contributed by atoms with Gasteiger partial charge >= 0.3 is 5.97 Å². The van der Waals surface area contributed by atoms with Gasteiger partial charge in [-0.1, -0.05) is 18.2 Å². The van der Waals surface area contributed by atoms with E-state index in [-0.39, 0.29) is 11.3 Å². The summed E-state index contributed by atoms with van der Waals surface area (Å²) in [6.07, 6.45) is 0. The summed E-state index contributed by atoms with van der Waals surface area (Å²) in [7, 11) is 1.57. The molecule has 17 heavy (non-hydrogen) atoms. The lowest BCUT2D eigenvalue weighted by Gasteiger charge is -2.08. The highest BCUT2D eigenvalue weighted by molar-refractivity contribution is 5.93. The zero-order valence-corrected chi connectivity index (χ0v) is 9.77. The summed E-state index contributed by atoms with van der Waals surface area (Å²) >= 11 is 0.